The summed E-state index contributed by atoms with van der Waals surface area (Å²) in [7, 11) is 0. The fraction of sp³-hybridized carbons (Fsp3) is 0.120. The second kappa shape index (κ2) is 12.4. The minimum atomic E-state index is -0.943. The molecule has 0 atom stereocenters. The van der Waals surface area contributed by atoms with E-state index in [1.54, 1.807) is 42.5 Å². The molecule has 0 aromatic heterocycles. The number of aryl methyl sites for hydroxylation is 1. The van der Waals surface area contributed by atoms with E-state index in [4.69, 9.17) is 4.74 Å². The molecule has 180 valence electrons. The normalized spacial score (nSPS) is 10.6. The zero-order valence-corrected chi connectivity index (χ0v) is 20.3. The summed E-state index contributed by atoms with van der Waals surface area (Å²) >= 11 is 3.15. The highest BCUT2D eigenvalue weighted by Gasteiger charge is 2.14. The lowest BCUT2D eigenvalue weighted by Crippen LogP contribution is -2.32. The monoisotopic (exact) mass is 540 g/mol. The standard InChI is InChI=1S/C25H22BrFN4O4/c1-2-16-7-3-5-9-20(16)30-24(33)25(34)31-28-14-17-8-4-6-10-22(17)35-15-23(32)29-21-12-11-18(26)13-19(21)27/h3-14H,2,15H2,1H3,(H,29,32)(H,30,33)(H,31,34)/b28-14-. The molecule has 0 aliphatic heterocycles. The second-order valence-corrected chi connectivity index (χ2v) is 8.08. The van der Waals surface area contributed by atoms with Gasteiger partial charge < -0.3 is 15.4 Å². The first kappa shape index (κ1) is 25.6. The van der Waals surface area contributed by atoms with Gasteiger partial charge in [-0.2, -0.15) is 5.10 Å². The zero-order valence-electron chi connectivity index (χ0n) is 18.7. The van der Waals surface area contributed by atoms with Crippen LogP contribution in [0.3, 0.4) is 0 Å². The van der Waals surface area contributed by atoms with Crippen LogP contribution < -0.4 is 20.8 Å². The zero-order chi connectivity index (χ0) is 25.2. The number of amides is 3. The highest BCUT2D eigenvalue weighted by molar-refractivity contribution is 9.10. The first-order valence-electron chi connectivity index (χ1n) is 10.6. The minimum Gasteiger partial charge on any atom is -0.483 e. The molecule has 3 amide bonds. The number of halogens is 2. The molecule has 3 aromatic rings. The van der Waals surface area contributed by atoms with Crippen molar-refractivity contribution in [3.8, 4) is 5.75 Å². The molecule has 0 bridgehead atoms. The summed E-state index contributed by atoms with van der Waals surface area (Å²) in [6, 6.07) is 18.1. The highest BCUT2D eigenvalue weighted by atomic mass is 79.9. The Hall–Kier alpha value is -4.05. The van der Waals surface area contributed by atoms with E-state index < -0.39 is 23.5 Å². The van der Waals surface area contributed by atoms with Gasteiger partial charge in [0, 0.05) is 15.7 Å². The lowest BCUT2D eigenvalue weighted by Gasteiger charge is -2.10. The van der Waals surface area contributed by atoms with Gasteiger partial charge in [0.25, 0.3) is 5.91 Å². The molecule has 0 unspecified atom stereocenters. The van der Waals surface area contributed by atoms with E-state index in [2.05, 4.69) is 37.1 Å². The molecule has 0 spiro atoms. The Bertz CT molecular complexity index is 1270. The molecular formula is C25H22BrFN4O4. The number of hydrogen-bond donors (Lipinski definition) is 3. The van der Waals surface area contributed by atoms with Crippen molar-refractivity contribution in [2.24, 2.45) is 5.10 Å². The minimum absolute atomic E-state index is 0.0270. The van der Waals surface area contributed by atoms with E-state index in [1.807, 2.05) is 19.1 Å². The molecule has 0 saturated carbocycles. The Morgan fingerprint density at radius 2 is 1.71 bits per heavy atom. The first-order valence-corrected chi connectivity index (χ1v) is 11.4. The number of rotatable bonds is 8. The summed E-state index contributed by atoms with van der Waals surface area (Å²) in [4.78, 5) is 36.4. The Balaban J connectivity index is 1.55. The van der Waals surface area contributed by atoms with Crippen LogP contribution in [0.4, 0.5) is 15.8 Å². The van der Waals surface area contributed by atoms with Crippen LogP contribution in [0, 0.1) is 5.82 Å². The molecule has 0 saturated heterocycles. The van der Waals surface area contributed by atoms with Gasteiger partial charge in [-0.15, -0.1) is 0 Å². The van der Waals surface area contributed by atoms with Crippen molar-refractivity contribution in [2.75, 3.05) is 17.2 Å². The number of benzene rings is 3. The van der Waals surface area contributed by atoms with Gasteiger partial charge in [-0.25, -0.2) is 9.82 Å². The number of carbonyl (C=O) groups excluding carboxylic acids is 3. The van der Waals surface area contributed by atoms with Gasteiger partial charge in [0.05, 0.1) is 11.9 Å². The fourth-order valence-corrected chi connectivity index (χ4v) is 3.31. The van der Waals surface area contributed by atoms with E-state index in [9.17, 15) is 18.8 Å². The third-order valence-electron chi connectivity index (χ3n) is 4.71. The van der Waals surface area contributed by atoms with E-state index in [0.717, 1.165) is 5.56 Å². The van der Waals surface area contributed by atoms with E-state index >= 15 is 0 Å². The summed E-state index contributed by atoms with van der Waals surface area (Å²) < 4.78 is 20.0. The molecule has 0 aliphatic carbocycles. The van der Waals surface area contributed by atoms with Gasteiger partial charge in [-0.1, -0.05) is 53.2 Å². The number of carbonyl (C=O) groups is 3. The van der Waals surface area contributed by atoms with Gasteiger partial charge >= 0.3 is 11.8 Å². The van der Waals surface area contributed by atoms with E-state index in [1.165, 1.54) is 18.3 Å². The molecule has 0 fully saturated rings. The van der Waals surface area contributed by atoms with Crippen LogP contribution in [0.2, 0.25) is 0 Å². The van der Waals surface area contributed by atoms with Crippen LogP contribution in [0.15, 0.2) is 76.3 Å². The van der Waals surface area contributed by atoms with E-state index in [-0.39, 0.29) is 12.3 Å². The van der Waals surface area contributed by atoms with Crippen molar-refractivity contribution < 1.29 is 23.5 Å². The quantitative estimate of drug-likeness (QED) is 0.225. The summed E-state index contributed by atoms with van der Waals surface area (Å²) in [5.41, 5.74) is 4.09. The third kappa shape index (κ3) is 7.47. The molecular weight excluding hydrogens is 519 g/mol. The number of hydrazone groups is 1. The van der Waals surface area contributed by atoms with Crippen LogP contribution in [0.25, 0.3) is 0 Å². The topological polar surface area (TPSA) is 109 Å². The number of nitrogens with zero attached hydrogens (tertiary/aromatic N) is 1. The summed E-state index contributed by atoms with van der Waals surface area (Å²) in [6.07, 6.45) is 1.98. The van der Waals surface area contributed by atoms with Gasteiger partial charge in [0.1, 0.15) is 11.6 Å². The predicted molar refractivity (Wildman–Crippen MR) is 135 cm³/mol. The number of nitrogens with one attached hydrogen (secondary N) is 3. The van der Waals surface area contributed by atoms with Crippen LogP contribution in [-0.2, 0) is 20.8 Å². The molecule has 10 heteroatoms. The van der Waals surface area contributed by atoms with Crippen LogP contribution in [0.1, 0.15) is 18.1 Å². The summed E-state index contributed by atoms with van der Waals surface area (Å²) in [6.45, 7) is 1.56. The van der Waals surface area contributed by atoms with Crippen LogP contribution in [-0.4, -0.2) is 30.5 Å². The number of ether oxygens (including phenoxy) is 1. The van der Waals surface area contributed by atoms with Gasteiger partial charge in [0.15, 0.2) is 6.61 Å². The first-order chi connectivity index (χ1) is 16.9. The van der Waals surface area contributed by atoms with Gasteiger partial charge in [0.2, 0.25) is 0 Å². The smallest absolute Gasteiger partial charge is 0.329 e. The Morgan fingerprint density at radius 3 is 2.49 bits per heavy atom. The Kier molecular flexibility index (Phi) is 9.08. The molecule has 3 N–H and O–H groups in total. The SMILES string of the molecule is CCc1ccccc1NC(=O)C(=O)N/N=C\c1ccccc1OCC(=O)Nc1ccc(Br)cc1F. The molecule has 8 nitrogen and oxygen atoms in total. The maximum atomic E-state index is 13.9. The molecule has 3 rings (SSSR count). The second-order valence-electron chi connectivity index (χ2n) is 7.16. The van der Waals surface area contributed by atoms with Crippen molar-refractivity contribution in [2.45, 2.75) is 13.3 Å². The molecule has 0 heterocycles. The van der Waals surface area contributed by atoms with Gasteiger partial charge in [-0.3, -0.25) is 14.4 Å². The Labute approximate surface area is 209 Å². The van der Waals surface area contributed by atoms with Crippen molar-refractivity contribution in [3.05, 3.63) is 88.1 Å². The Morgan fingerprint density at radius 1 is 0.971 bits per heavy atom. The average Bonchev–Trinajstić information content (AvgIpc) is 2.85. The summed E-state index contributed by atoms with van der Waals surface area (Å²) in [5.74, 6) is -2.64. The molecule has 3 aromatic carbocycles. The number of para-hydroxylation sites is 2. The van der Waals surface area contributed by atoms with E-state index in [0.29, 0.717) is 27.9 Å². The van der Waals surface area contributed by atoms with Crippen LogP contribution in [0.5, 0.6) is 5.75 Å². The maximum absolute atomic E-state index is 13.9. The third-order valence-corrected chi connectivity index (χ3v) is 5.20. The lowest BCUT2D eigenvalue weighted by molar-refractivity contribution is -0.136. The largest absolute Gasteiger partial charge is 0.483 e. The van der Waals surface area contributed by atoms with Crippen LogP contribution >= 0.6 is 15.9 Å². The average molecular weight is 541 g/mol. The molecule has 0 radical (unpaired) electrons. The summed E-state index contributed by atoms with van der Waals surface area (Å²) in [5, 5.41) is 8.79. The van der Waals surface area contributed by atoms with Crippen molar-refractivity contribution >= 4 is 51.2 Å². The number of hydrogen-bond acceptors (Lipinski definition) is 5. The molecule has 0 aliphatic rings. The van der Waals surface area contributed by atoms with Gasteiger partial charge in [-0.05, 0) is 48.4 Å². The van der Waals surface area contributed by atoms with Crippen molar-refractivity contribution in [3.63, 3.8) is 0 Å². The number of anilines is 2. The lowest BCUT2D eigenvalue weighted by atomic mass is 10.1. The highest BCUT2D eigenvalue weighted by Crippen LogP contribution is 2.20. The fourth-order valence-electron chi connectivity index (χ4n) is 2.98. The maximum Gasteiger partial charge on any atom is 0.329 e. The van der Waals surface area contributed by atoms with Crippen molar-refractivity contribution in [1.82, 2.24) is 5.43 Å². The van der Waals surface area contributed by atoms with Crippen molar-refractivity contribution in [1.29, 1.82) is 0 Å². The predicted octanol–water partition coefficient (Wildman–Crippen LogP) is 4.26. The molecule has 35 heavy (non-hydrogen) atoms.